The normalized spacial score (nSPS) is 9.83. The molecule has 0 unspecified atom stereocenters. The number of Topliss-reactive ketones (excluding diaryl/α,β-unsaturated/α-hetero) is 1. The number of hydrogen-bond acceptors (Lipinski definition) is 4. The van der Waals surface area contributed by atoms with E-state index in [2.05, 4.69) is 0 Å². The first kappa shape index (κ1) is 14.1. The molecule has 0 aliphatic rings. The maximum atomic E-state index is 11.2. The molecule has 0 heterocycles. The molecular weight excluding hydrogens is 232 g/mol. The van der Waals surface area contributed by atoms with Gasteiger partial charge >= 0.3 is 5.97 Å². The molecule has 1 rings (SSSR count). The van der Waals surface area contributed by atoms with Crippen LogP contribution in [0.3, 0.4) is 0 Å². The van der Waals surface area contributed by atoms with Gasteiger partial charge in [-0.2, -0.15) is 0 Å². The van der Waals surface area contributed by atoms with Crippen molar-refractivity contribution in [3.05, 3.63) is 35.4 Å². The number of ketones is 1. The van der Waals surface area contributed by atoms with Crippen LogP contribution in [0.1, 0.15) is 30.9 Å². The zero-order chi connectivity index (χ0) is 13.4. The molecule has 0 N–H and O–H groups in total. The second-order valence-electron chi connectivity index (χ2n) is 3.93. The number of rotatable bonds is 7. The Kier molecular flexibility index (Phi) is 5.77. The Morgan fingerprint density at radius 3 is 2.61 bits per heavy atom. The van der Waals surface area contributed by atoms with Crippen molar-refractivity contribution in [3.63, 3.8) is 0 Å². The van der Waals surface area contributed by atoms with Gasteiger partial charge in [0, 0.05) is 18.4 Å². The van der Waals surface area contributed by atoms with Crippen LogP contribution in [0.25, 0.3) is 0 Å². The van der Waals surface area contributed by atoms with Crippen LogP contribution in [0.2, 0.25) is 0 Å². The summed E-state index contributed by atoms with van der Waals surface area (Å²) in [5.41, 5.74) is 1.28. The smallest absolute Gasteiger partial charge is 0.306 e. The van der Waals surface area contributed by atoms with Crippen molar-refractivity contribution < 1.29 is 19.1 Å². The molecule has 1 radical (unpaired) electrons. The summed E-state index contributed by atoms with van der Waals surface area (Å²) in [6.07, 6.45) is 2.62. The van der Waals surface area contributed by atoms with Crippen molar-refractivity contribution in [3.8, 4) is 0 Å². The molecule has 1 aromatic carbocycles. The number of benzene rings is 1. The molecule has 1 aromatic rings. The van der Waals surface area contributed by atoms with Crippen molar-refractivity contribution in [2.75, 3.05) is 6.61 Å². The molecule has 0 fully saturated rings. The Labute approximate surface area is 106 Å². The summed E-state index contributed by atoms with van der Waals surface area (Å²) in [5.74, 6) is -0.425. The van der Waals surface area contributed by atoms with Gasteiger partial charge in [-0.1, -0.05) is 24.3 Å². The molecule has 0 aliphatic carbocycles. The predicted octanol–water partition coefficient (Wildman–Crippen LogP) is 1.60. The summed E-state index contributed by atoms with van der Waals surface area (Å²) in [4.78, 5) is 32.5. The molecule has 0 amide bonds. The quantitative estimate of drug-likeness (QED) is 0.687. The third kappa shape index (κ3) is 4.91. The van der Waals surface area contributed by atoms with E-state index in [-0.39, 0.29) is 25.2 Å². The van der Waals surface area contributed by atoms with Crippen molar-refractivity contribution in [1.29, 1.82) is 0 Å². The van der Waals surface area contributed by atoms with Gasteiger partial charge in [-0.15, -0.1) is 0 Å². The second kappa shape index (κ2) is 7.37. The summed E-state index contributed by atoms with van der Waals surface area (Å²) in [7, 11) is 0. The first-order valence-electron chi connectivity index (χ1n) is 5.74. The zero-order valence-electron chi connectivity index (χ0n) is 10.3. The summed E-state index contributed by atoms with van der Waals surface area (Å²) < 4.78 is 4.97. The highest BCUT2D eigenvalue weighted by atomic mass is 16.5. The van der Waals surface area contributed by atoms with E-state index < -0.39 is 5.97 Å². The van der Waals surface area contributed by atoms with Gasteiger partial charge < -0.3 is 9.53 Å². The minimum atomic E-state index is -0.391. The van der Waals surface area contributed by atoms with E-state index in [1.165, 1.54) is 6.92 Å². The van der Waals surface area contributed by atoms with Gasteiger partial charge in [-0.05, 0) is 12.5 Å². The van der Waals surface area contributed by atoms with E-state index >= 15 is 0 Å². The summed E-state index contributed by atoms with van der Waals surface area (Å²) in [6, 6.07) is 7.03. The Hall–Kier alpha value is -1.97. The van der Waals surface area contributed by atoms with Gasteiger partial charge in [-0.3, -0.25) is 9.59 Å². The third-order valence-electron chi connectivity index (χ3n) is 2.44. The van der Waals surface area contributed by atoms with Crippen LogP contribution in [0, 0.1) is 0 Å². The maximum absolute atomic E-state index is 11.2. The second-order valence-corrected chi connectivity index (χ2v) is 3.93. The highest BCUT2D eigenvalue weighted by Gasteiger charge is 2.06. The molecule has 0 spiro atoms. The number of hydrogen-bond donors (Lipinski definition) is 0. The number of ether oxygens (including phenoxy) is 1. The van der Waals surface area contributed by atoms with Gasteiger partial charge in [0.05, 0.1) is 13.0 Å². The Balaban J connectivity index is 2.35. The van der Waals surface area contributed by atoms with Gasteiger partial charge in [0.25, 0.3) is 0 Å². The average Bonchev–Trinajstić information content (AvgIpc) is 2.37. The van der Waals surface area contributed by atoms with Crippen molar-refractivity contribution in [2.45, 2.75) is 26.2 Å². The molecule has 18 heavy (non-hydrogen) atoms. The fourth-order valence-electron chi connectivity index (χ4n) is 1.46. The third-order valence-corrected chi connectivity index (χ3v) is 2.44. The summed E-state index contributed by atoms with van der Waals surface area (Å²) in [5, 5.41) is 0. The van der Waals surface area contributed by atoms with E-state index in [0.29, 0.717) is 12.0 Å². The number of carbonyl (C=O) groups excluding carboxylic acids is 3. The van der Waals surface area contributed by atoms with Gasteiger partial charge in [0.2, 0.25) is 6.29 Å². The fourth-order valence-corrected chi connectivity index (χ4v) is 1.46. The van der Waals surface area contributed by atoms with E-state index in [9.17, 15) is 14.4 Å². The fraction of sp³-hybridized carbons (Fsp3) is 0.357. The topological polar surface area (TPSA) is 60.4 Å². The highest BCUT2D eigenvalue weighted by Crippen LogP contribution is 2.07. The number of carbonyl (C=O) groups is 2. The maximum Gasteiger partial charge on any atom is 0.306 e. The standard InChI is InChI=1S/C14H15O4/c1-11(16)6-7-14(17)18-9-8-12-4-2-3-5-13(12)10-15/h2-5H,6-9H2,1H3. The van der Waals surface area contributed by atoms with E-state index in [0.717, 1.165) is 5.56 Å². The van der Waals surface area contributed by atoms with Crippen molar-refractivity contribution in [1.82, 2.24) is 0 Å². The van der Waals surface area contributed by atoms with Crippen LogP contribution in [-0.4, -0.2) is 24.6 Å². The first-order valence-corrected chi connectivity index (χ1v) is 5.74. The lowest BCUT2D eigenvalue weighted by Crippen LogP contribution is -2.09. The Morgan fingerprint density at radius 2 is 1.94 bits per heavy atom. The summed E-state index contributed by atoms with van der Waals surface area (Å²) >= 11 is 0. The minimum absolute atomic E-state index is 0.0344. The van der Waals surface area contributed by atoms with E-state index in [4.69, 9.17) is 4.74 Å². The van der Waals surface area contributed by atoms with Crippen molar-refractivity contribution >= 4 is 18.0 Å². The van der Waals surface area contributed by atoms with Crippen LogP contribution < -0.4 is 0 Å². The molecule has 0 atom stereocenters. The SMILES string of the molecule is CC(=O)CCC(=O)OCCc1ccccc1[C]=O. The zero-order valence-corrected chi connectivity index (χ0v) is 10.3. The number of esters is 1. The van der Waals surface area contributed by atoms with Crippen LogP contribution >= 0.6 is 0 Å². The summed E-state index contributed by atoms with van der Waals surface area (Å²) in [6.45, 7) is 1.64. The Morgan fingerprint density at radius 1 is 1.22 bits per heavy atom. The largest absolute Gasteiger partial charge is 0.465 e. The van der Waals surface area contributed by atoms with E-state index in [1.807, 2.05) is 12.4 Å². The first-order chi connectivity index (χ1) is 8.63. The molecule has 95 valence electrons. The molecule has 4 heteroatoms. The lowest BCUT2D eigenvalue weighted by molar-refractivity contribution is -0.144. The predicted molar refractivity (Wildman–Crippen MR) is 65.8 cm³/mol. The monoisotopic (exact) mass is 247 g/mol. The van der Waals surface area contributed by atoms with Gasteiger partial charge in [-0.25, -0.2) is 0 Å². The van der Waals surface area contributed by atoms with Crippen molar-refractivity contribution in [2.24, 2.45) is 0 Å². The van der Waals surface area contributed by atoms with Gasteiger partial charge in [0.15, 0.2) is 0 Å². The van der Waals surface area contributed by atoms with Crippen LogP contribution in [0.4, 0.5) is 0 Å². The minimum Gasteiger partial charge on any atom is -0.465 e. The van der Waals surface area contributed by atoms with Gasteiger partial charge in [0.1, 0.15) is 5.78 Å². The van der Waals surface area contributed by atoms with E-state index in [1.54, 1.807) is 18.2 Å². The molecule has 0 aliphatic heterocycles. The average molecular weight is 247 g/mol. The molecular formula is C14H15O4. The highest BCUT2D eigenvalue weighted by molar-refractivity contribution is 5.81. The van der Waals surface area contributed by atoms with Crippen LogP contribution in [0.15, 0.2) is 24.3 Å². The molecule has 0 saturated carbocycles. The van der Waals surface area contributed by atoms with Crippen LogP contribution in [0.5, 0.6) is 0 Å². The molecule has 4 nitrogen and oxygen atoms in total. The molecule has 0 aromatic heterocycles. The molecule has 0 saturated heterocycles. The Bertz CT molecular complexity index is 437. The lowest BCUT2D eigenvalue weighted by atomic mass is 10.1. The molecule has 0 bridgehead atoms. The van der Waals surface area contributed by atoms with Crippen LogP contribution in [-0.2, 0) is 25.5 Å². The lowest BCUT2D eigenvalue weighted by Gasteiger charge is -2.05.